The molecule has 1 unspecified atom stereocenters. The van der Waals surface area contributed by atoms with Crippen molar-refractivity contribution in [2.45, 2.75) is 19.9 Å². The lowest BCUT2D eigenvalue weighted by Crippen LogP contribution is -2.28. The summed E-state index contributed by atoms with van der Waals surface area (Å²) in [5.74, 6) is 1.40. The lowest BCUT2D eigenvalue weighted by Gasteiger charge is -2.11. The van der Waals surface area contributed by atoms with Gasteiger partial charge in [-0.1, -0.05) is 34.1 Å². The van der Waals surface area contributed by atoms with Gasteiger partial charge in [-0.05, 0) is 44.2 Å². The Bertz CT molecular complexity index is 1040. The van der Waals surface area contributed by atoms with Crippen molar-refractivity contribution < 1.29 is 18.7 Å². The highest BCUT2D eigenvalue weighted by Gasteiger charge is 2.16. The molecule has 0 saturated carbocycles. The van der Waals surface area contributed by atoms with Gasteiger partial charge in [0.25, 0.3) is 0 Å². The Balaban J connectivity index is 1.48. The number of anilines is 1. The van der Waals surface area contributed by atoms with Crippen LogP contribution < -0.4 is 15.4 Å². The van der Waals surface area contributed by atoms with Crippen LogP contribution in [-0.2, 0) is 9.59 Å². The van der Waals surface area contributed by atoms with Crippen LogP contribution in [0.5, 0.6) is 5.75 Å². The van der Waals surface area contributed by atoms with E-state index >= 15 is 0 Å². The Morgan fingerprint density at radius 2 is 1.90 bits per heavy atom. The van der Waals surface area contributed by atoms with Gasteiger partial charge in [0.05, 0.1) is 24.2 Å². The van der Waals surface area contributed by atoms with E-state index in [4.69, 9.17) is 9.15 Å². The first-order valence-electron chi connectivity index (χ1n) is 9.54. The second-order valence-corrected chi connectivity index (χ2v) is 8.50. The number of rotatable bonds is 9. The van der Waals surface area contributed by atoms with Crippen molar-refractivity contribution in [2.24, 2.45) is 0 Å². The largest absolute Gasteiger partial charge is 0.490 e. The van der Waals surface area contributed by atoms with Crippen molar-refractivity contribution in [2.75, 3.05) is 23.4 Å². The number of nitrogens with one attached hydrogen (secondary N) is 2. The van der Waals surface area contributed by atoms with Crippen molar-refractivity contribution in [3.05, 3.63) is 58.8 Å². The monoisotopic (exact) mass is 490 g/mol. The summed E-state index contributed by atoms with van der Waals surface area (Å²) in [6.45, 7) is 4.33. The number of benzene rings is 2. The van der Waals surface area contributed by atoms with Gasteiger partial charge in [-0.2, -0.15) is 0 Å². The SMILES string of the molecule is CCOc1cccc2cc(C(C)NC(=O)CSCC(=O)Nc3cccc(Br)c3)oc12. The van der Waals surface area contributed by atoms with Crippen molar-refractivity contribution in [3.63, 3.8) is 0 Å². The number of ether oxygens (including phenoxy) is 1. The molecule has 0 bridgehead atoms. The fraction of sp³-hybridized carbons (Fsp3) is 0.273. The second kappa shape index (κ2) is 10.5. The Labute approximate surface area is 187 Å². The summed E-state index contributed by atoms with van der Waals surface area (Å²) in [5, 5.41) is 6.64. The van der Waals surface area contributed by atoms with Crippen molar-refractivity contribution in [3.8, 4) is 5.75 Å². The minimum absolute atomic E-state index is 0.153. The Hall–Kier alpha value is -2.45. The molecule has 0 spiro atoms. The molecule has 0 radical (unpaired) electrons. The van der Waals surface area contributed by atoms with Crippen molar-refractivity contribution in [1.82, 2.24) is 5.32 Å². The van der Waals surface area contributed by atoms with E-state index in [0.29, 0.717) is 29.4 Å². The quantitative estimate of drug-likeness (QED) is 0.433. The number of hydrogen-bond donors (Lipinski definition) is 2. The third-order valence-corrected chi connectivity index (χ3v) is 5.63. The molecule has 1 aromatic heterocycles. The van der Waals surface area contributed by atoms with Gasteiger partial charge in [-0.25, -0.2) is 0 Å². The van der Waals surface area contributed by atoms with Gasteiger partial charge < -0.3 is 19.8 Å². The van der Waals surface area contributed by atoms with E-state index in [9.17, 15) is 9.59 Å². The molecule has 0 aliphatic carbocycles. The van der Waals surface area contributed by atoms with E-state index in [1.807, 2.05) is 62.4 Å². The molecule has 3 rings (SSSR count). The van der Waals surface area contributed by atoms with E-state index in [2.05, 4.69) is 26.6 Å². The van der Waals surface area contributed by atoms with E-state index in [-0.39, 0.29) is 29.4 Å². The molecule has 0 aliphatic heterocycles. The number of thioether (sulfide) groups is 1. The molecule has 6 nitrogen and oxygen atoms in total. The van der Waals surface area contributed by atoms with Crippen molar-refractivity contribution in [1.29, 1.82) is 0 Å². The van der Waals surface area contributed by atoms with Gasteiger partial charge in [0.1, 0.15) is 5.76 Å². The summed E-state index contributed by atoms with van der Waals surface area (Å²) in [4.78, 5) is 24.3. The number of carbonyl (C=O) groups is 2. The summed E-state index contributed by atoms with van der Waals surface area (Å²) >= 11 is 4.62. The average Bonchev–Trinajstić information content (AvgIpc) is 3.14. The molecule has 0 fully saturated rings. The Kier molecular flexibility index (Phi) is 7.81. The predicted molar refractivity (Wildman–Crippen MR) is 124 cm³/mol. The topological polar surface area (TPSA) is 80.6 Å². The van der Waals surface area contributed by atoms with E-state index in [0.717, 1.165) is 9.86 Å². The fourth-order valence-corrected chi connectivity index (χ4v) is 3.92. The molecule has 2 N–H and O–H groups in total. The zero-order valence-corrected chi connectivity index (χ0v) is 19.1. The van der Waals surface area contributed by atoms with Crippen LogP contribution in [-0.4, -0.2) is 29.9 Å². The van der Waals surface area contributed by atoms with Crippen LogP contribution in [0.2, 0.25) is 0 Å². The molecule has 2 aromatic carbocycles. The summed E-state index contributed by atoms with van der Waals surface area (Å²) < 4.78 is 12.4. The smallest absolute Gasteiger partial charge is 0.234 e. The number of furan rings is 1. The number of hydrogen-bond acceptors (Lipinski definition) is 5. The molecule has 8 heteroatoms. The highest BCUT2D eigenvalue weighted by atomic mass is 79.9. The predicted octanol–water partition coefficient (Wildman–Crippen LogP) is 5.14. The molecule has 30 heavy (non-hydrogen) atoms. The van der Waals surface area contributed by atoms with Crippen LogP contribution in [0.3, 0.4) is 0 Å². The third kappa shape index (κ3) is 6.03. The summed E-state index contributed by atoms with van der Waals surface area (Å²) in [6, 6.07) is 14.7. The maximum atomic E-state index is 12.3. The summed E-state index contributed by atoms with van der Waals surface area (Å²) in [7, 11) is 0. The zero-order chi connectivity index (χ0) is 21.5. The molecule has 1 atom stereocenters. The number of amides is 2. The molecule has 1 heterocycles. The molecule has 158 valence electrons. The minimum Gasteiger partial charge on any atom is -0.490 e. The summed E-state index contributed by atoms with van der Waals surface area (Å²) in [6.07, 6.45) is 0. The maximum absolute atomic E-state index is 12.3. The second-order valence-electron chi connectivity index (χ2n) is 6.60. The molecule has 0 saturated heterocycles. The molecule has 0 aliphatic rings. The number of fused-ring (bicyclic) bond motifs is 1. The summed E-state index contributed by atoms with van der Waals surface area (Å²) in [5.41, 5.74) is 1.39. The van der Waals surface area contributed by atoms with Crippen molar-refractivity contribution >= 4 is 56.2 Å². The first kappa shape index (κ1) is 22.2. The zero-order valence-electron chi connectivity index (χ0n) is 16.7. The van der Waals surface area contributed by atoms with Crippen LogP contribution in [0.15, 0.2) is 57.4 Å². The minimum atomic E-state index is -0.296. The number of halogens is 1. The maximum Gasteiger partial charge on any atom is 0.234 e. The lowest BCUT2D eigenvalue weighted by molar-refractivity contribution is -0.119. The Morgan fingerprint density at radius 3 is 2.67 bits per heavy atom. The fourth-order valence-electron chi connectivity index (χ4n) is 2.89. The molecule has 2 amide bonds. The Morgan fingerprint density at radius 1 is 1.13 bits per heavy atom. The van der Waals surface area contributed by atoms with Gasteiger partial charge in [-0.15, -0.1) is 11.8 Å². The first-order chi connectivity index (χ1) is 14.5. The first-order valence-corrected chi connectivity index (χ1v) is 11.5. The average molecular weight is 491 g/mol. The van der Waals surface area contributed by atoms with Crippen LogP contribution in [0.25, 0.3) is 11.0 Å². The van der Waals surface area contributed by atoms with Crippen LogP contribution in [0.1, 0.15) is 25.6 Å². The van der Waals surface area contributed by atoms with Gasteiger partial charge in [-0.3, -0.25) is 9.59 Å². The van der Waals surface area contributed by atoms with Gasteiger partial charge in [0.2, 0.25) is 11.8 Å². The van der Waals surface area contributed by atoms with Crippen LogP contribution in [0.4, 0.5) is 5.69 Å². The van der Waals surface area contributed by atoms with E-state index in [1.54, 1.807) is 0 Å². The number of carbonyl (C=O) groups excluding carboxylic acids is 2. The normalized spacial score (nSPS) is 11.8. The van der Waals surface area contributed by atoms with Crippen LogP contribution in [0, 0.1) is 0 Å². The van der Waals surface area contributed by atoms with Crippen LogP contribution >= 0.6 is 27.7 Å². The van der Waals surface area contributed by atoms with Gasteiger partial charge >= 0.3 is 0 Å². The van der Waals surface area contributed by atoms with Gasteiger partial charge in [0, 0.05) is 15.5 Å². The third-order valence-electron chi connectivity index (χ3n) is 4.21. The highest BCUT2D eigenvalue weighted by Crippen LogP contribution is 2.31. The highest BCUT2D eigenvalue weighted by molar-refractivity contribution is 9.10. The molecular weight excluding hydrogens is 468 g/mol. The van der Waals surface area contributed by atoms with E-state index in [1.165, 1.54) is 11.8 Å². The molecular formula is C22H23BrN2O4S. The standard InChI is InChI=1S/C22H23BrN2O4S/c1-3-28-18-9-4-6-15-10-19(29-22(15)18)14(2)24-20(26)12-30-13-21(27)25-17-8-5-7-16(23)11-17/h4-11,14H,3,12-13H2,1-2H3,(H,24,26)(H,25,27). The number of para-hydroxylation sites is 1. The molecule has 3 aromatic rings. The lowest BCUT2D eigenvalue weighted by atomic mass is 10.2. The van der Waals surface area contributed by atoms with E-state index < -0.39 is 0 Å². The van der Waals surface area contributed by atoms with Gasteiger partial charge in [0.15, 0.2) is 11.3 Å².